The molecule has 1 amide bonds. The molecule has 1 N–H and O–H groups in total. The third kappa shape index (κ3) is 4.87. The van der Waals surface area contributed by atoms with Crippen LogP contribution >= 0.6 is 0 Å². The quantitative estimate of drug-likeness (QED) is 0.919. The van der Waals surface area contributed by atoms with Crippen LogP contribution in [0.15, 0.2) is 24.3 Å². The number of aliphatic hydroxyl groups is 1. The summed E-state index contributed by atoms with van der Waals surface area (Å²) in [6, 6.07) is 7.99. The number of carbonyl (C=O) groups excluding carboxylic acids is 1. The molecule has 0 unspecified atom stereocenters. The maximum atomic E-state index is 12.3. The maximum Gasteiger partial charge on any atom is 0.410 e. The number of hydrogen-bond acceptors (Lipinski definition) is 4. The van der Waals surface area contributed by atoms with Gasteiger partial charge in [0.25, 0.3) is 0 Å². The van der Waals surface area contributed by atoms with Crippen LogP contribution in [0.1, 0.15) is 45.1 Å². The maximum absolute atomic E-state index is 12.3. The van der Waals surface area contributed by atoms with E-state index in [0.29, 0.717) is 13.1 Å². The number of likely N-dealkylation sites (tertiary alicyclic amines) is 1. The second-order valence-corrected chi connectivity index (χ2v) is 7.37. The number of nitrogens with zero attached hydrogens (tertiary/aromatic N) is 1. The van der Waals surface area contributed by atoms with Crippen LogP contribution < -0.4 is 4.74 Å². The molecule has 0 spiro atoms. The fourth-order valence-corrected chi connectivity index (χ4v) is 3.18. The first-order chi connectivity index (χ1) is 11.3. The molecule has 0 aliphatic carbocycles. The molecule has 1 aliphatic rings. The van der Waals surface area contributed by atoms with Gasteiger partial charge in [-0.15, -0.1) is 0 Å². The van der Waals surface area contributed by atoms with Gasteiger partial charge >= 0.3 is 6.09 Å². The highest BCUT2D eigenvalue weighted by Crippen LogP contribution is 2.34. The number of ether oxygens (including phenoxy) is 2. The Morgan fingerprint density at radius 2 is 1.83 bits per heavy atom. The Bertz CT molecular complexity index is 535. The highest BCUT2D eigenvalue weighted by molar-refractivity contribution is 5.68. The number of carbonyl (C=O) groups is 1. The summed E-state index contributed by atoms with van der Waals surface area (Å²) >= 11 is 0. The normalized spacial score (nSPS) is 22.0. The first-order valence-corrected chi connectivity index (χ1v) is 8.57. The van der Waals surface area contributed by atoms with E-state index in [0.717, 1.165) is 18.6 Å². The molecule has 5 heteroatoms. The first-order valence-electron chi connectivity index (χ1n) is 8.57. The largest absolute Gasteiger partial charge is 0.497 e. The number of methoxy groups -OCH3 is 1. The van der Waals surface area contributed by atoms with Gasteiger partial charge in [-0.3, -0.25) is 0 Å². The molecule has 1 fully saturated rings. The van der Waals surface area contributed by atoms with Crippen LogP contribution in [0.5, 0.6) is 5.75 Å². The Kier molecular flexibility index (Phi) is 6.10. The molecule has 0 aromatic heterocycles. The van der Waals surface area contributed by atoms with Crippen LogP contribution in [0, 0.1) is 5.92 Å². The SMILES string of the molecule is COc1ccc([C@H]2CCN(C(=O)OC(C)(C)C)CC[C@H]2CO)cc1. The first kappa shape index (κ1) is 18.6. The van der Waals surface area contributed by atoms with Crippen LogP contribution in [0.2, 0.25) is 0 Å². The van der Waals surface area contributed by atoms with Gasteiger partial charge < -0.3 is 19.5 Å². The van der Waals surface area contributed by atoms with Crippen molar-refractivity contribution in [3.05, 3.63) is 29.8 Å². The Labute approximate surface area is 144 Å². The lowest BCUT2D eigenvalue weighted by Crippen LogP contribution is -2.37. The second-order valence-electron chi connectivity index (χ2n) is 7.37. The van der Waals surface area contributed by atoms with Crippen molar-refractivity contribution in [3.63, 3.8) is 0 Å². The number of aliphatic hydroxyl groups excluding tert-OH is 1. The molecule has 1 aromatic rings. The summed E-state index contributed by atoms with van der Waals surface area (Å²) in [5.41, 5.74) is 0.690. The molecule has 0 radical (unpaired) electrons. The molecule has 0 bridgehead atoms. The monoisotopic (exact) mass is 335 g/mol. The minimum absolute atomic E-state index is 0.124. The fraction of sp³-hybridized carbons (Fsp3) is 0.632. The number of amides is 1. The molecular formula is C19H29NO4. The van der Waals surface area contributed by atoms with E-state index in [9.17, 15) is 9.90 Å². The molecule has 5 nitrogen and oxygen atoms in total. The Morgan fingerprint density at radius 3 is 2.38 bits per heavy atom. The van der Waals surface area contributed by atoms with Crippen molar-refractivity contribution in [1.82, 2.24) is 4.90 Å². The summed E-state index contributed by atoms with van der Waals surface area (Å²) in [4.78, 5) is 14.1. The van der Waals surface area contributed by atoms with Crippen molar-refractivity contribution >= 4 is 6.09 Å². The molecule has 1 heterocycles. The third-order valence-electron chi connectivity index (χ3n) is 4.48. The van der Waals surface area contributed by atoms with E-state index in [4.69, 9.17) is 9.47 Å². The highest BCUT2D eigenvalue weighted by Gasteiger charge is 2.30. The number of rotatable bonds is 3. The standard InChI is InChI=1S/C19H29NO4/c1-19(2,3)24-18(22)20-11-9-15(13-21)17(10-12-20)14-5-7-16(23-4)8-6-14/h5-8,15,17,21H,9-13H2,1-4H3/t15-,17+/m0/s1. The molecule has 0 saturated carbocycles. The van der Waals surface area contributed by atoms with Gasteiger partial charge in [0.05, 0.1) is 7.11 Å². The van der Waals surface area contributed by atoms with Gasteiger partial charge in [0.15, 0.2) is 0 Å². The van der Waals surface area contributed by atoms with Crippen molar-refractivity contribution < 1.29 is 19.4 Å². The van der Waals surface area contributed by atoms with Crippen LogP contribution in [0.25, 0.3) is 0 Å². The number of benzene rings is 1. The summed E-state index contributed by atoms with van der Waals surface area (Å²) in [6.07, 6.45) is 1.32. The Balaban J connectivity index is 2.09. The van der Waals surface area contributed by atoms with E-state index >= 15 is 0 Å². The van der Waals surface area contributed by atoms with Gasteiger partial charge in [-0.1, -0.05) is 12.1 Å². The summed E-state index contributed by atoms with van der Waals surface area (Å²) in [5.74, 6) is 1.20. The van der Waals surface area contributed by atoms with E-state index in [1.165, 1.54) is 5.56 Å². The van der Waals surface area contributed by atoms with Crippen molar-refractivity contribution in [2.24, 2.45) is 5.92 Å². The van der Waals surface area contributed by atoms with Gasteiger partial charge in [0, 0.05) is 19.7 Å². The number of hydrogen-bond donors (Lipinski definition) is 1. The lowest BCUT2D eigenvalue weighted by molar-refractivity contribution is 0.0253. The summed E-state index contributed by atoms with van der Waals surface area (Å²) in [7, 11) is 1.65. The second kappa shape index (κ2) is 7.88. The summed E-state index contributed by atoms with van der Waals surface area (Å²) in [5, 5.41) is 9.80. The van der Waals surface area contributed by atoms with Gasteiger partial charge in [0.2, 0.25) is 0 Å². The molecule has 2 atom stereocenters. The molecular weight excluding hydrogens is 306 g/mol. The average molecular weight is 335 g/mol. The minimum atomic E-state index is -0.491. The smallest absolute Gasteiger partial charge is 0.410 e. The van der Waals surface area contributed by atoms with Gasteiger partial charge in [-0.25, -0.2) is 4.79 Å². The van der Waals surface area contributed by atoms with E-state index in [-0.39, 0.29) is 24.5 Å². The van der Waals surface area contributed by atoms with E-state index in [1.807, 2.05) is 32.9 Å². The Hall–Kier alpha value is -1.75. The van der Waals surface area contributed by atoms with Crippen molar-refractivity contribution in [2.45, 2.75) is 45.1 Å². The lowest BCUT2D eigenvalue weighted by Gasteiger charge is -2.26. The highest BCUT2D eigenvalue weighted by atomic mass is 16.6. The zero-order valence-electron chi connectivity index (χ0n) is 15.1. The summed E-state index contributed by atoms with van der Waals surface area (Å²) in [6.45, 7) is 7.01. The molecule has 1 aromatic carbocycles. The van der Waals surface area contributed by atoms with Crippen LogP contribution in [-0.2, 0) is 4.74 Å². The predicted molar refractivity (Wildman–Crippen MR) is 93.4 cm³/mol. The molecule has 134 valence electrons. The molecule has 1 saturated heterocycles. The van der Waals surface area contributed by atoms with E-state index < -0.39 is 5.60 Å². The van der Waals surface area contributed by atoms with Crippen LogP contribution in [0.4, 0.5) is 4.79 Å². The predicted octanol–water partition coefficient (Wildman–Crippen LogP) is 3.42. The molecule has 2 rings (SSSR count). The van der Waals surface area contributed by atoms with E-state index in [2.05, 4.69) is 12.1 Å². The average Bonchev–Trinajstić information content (AvgIpc) is 2.75. The fourth-order valence-electron chi connectivity index (χ4n) is 3.18. The lowest BCUT2D eigenvalue weighted by atomic mass is 9.83. The van der Waals surface area contributed by atoms with Gasteiger partial charge in [-0.05, 0) is 63.1 Å². The zero-order valence-corrected chi connectivity index (χ0v) is 15.1. The van der Waals surface area contributed by atoms with Crippen molar-refractivity contribution in [3.8, 4) is 5.75 Å². The third-order valence-corrected chi connectivity index (χ3v) is 4.48. The summed E-state index contributed by atoms with van der Waals surface area (Å²) < 4.78 is 10.7. The van der Waals surface area contributed by atoms with Gasteiger partial charge in [0.1, 0.15) is 11.4 Å². The van der Waals surface area contributed by atoms with E-state index in [1.54, 1.807) is 12.0 Å². The van der Waals surface area contributed by atoms with Crippen LogP contribution in [0.3, 0.4) is 0 Å². The topological polar surface area (TPSA) is 59.0 Å². The van der Waals surface area contributed by atoms with Crippen molar-refractivity contribution in [1.29, 1.82) is 0 Å². The van der Waals surface area contributed by atoms with Crippen LogP contribution in [-0.4, -0.2) is 48.5 Å². The minimum Gasteiger partial charge on any atom is -0.497 e. The Morgan fingerprint density at radius 1 is 1.21 bits per heavy atom. The zero-order chi connectivity index (χ0) is 17.7. The van der Waals surface area contributed by atoms with Gasteiger partial charge in [-0.2, -0.15) is 0 Å². The molecule has 1 aliphatic heterocycles. The molecule has 24 heavy (non-hydrogen) atoms. The van der Waals surface area contributed by atoms with Crippen molar-refractivity contribution in [2.75, 3.05) is 26.8 Å².